The van der Waals surface area contributed by atoms with Crippen LogP contribution in [0.5, 0.6) is 0 Å². The number of fused-ring (bicyclic) bond motifs is 3. The fourth-order valence-corrected chi connectivity index (χ4v) is 5.40. The number of hydrogen-bond donors (Lipinski definition) is 2. The number of hydrogen-bond acceptors (Lipinski definition) is 4. The minimum Gasteiger partial charge on any atom is -0.345 e. The van der Waals surface area contributed by atoms with Crippen molar-refractivity contribution in [2.45, 2.75) is 26.8 Å². The minimum absolute atomic E-state index is 0.133. The molecular formula is C33H31N5O. The summed E-state index contributed by atoms with van der Waals surface area (Å²) in [7, 11) is 2.06. The van der Waals surface area contributed by atoms with E-state index in [1.54, 1.807) is 0 Å². The number of aryl methyl sites for hydroxylation is 2. The lowest BCUT2D eigenvalue weighted by Crippen LogP contribution is -2.31. The number of rotatable bonds is 5. The summed E-state index contributed by atoms with van der Waals surface area (Å²) < 4.78 is 2.13. The summed E-state index contributed by atoms with van der Waals surface area (Å²) >= 11 is 0. The van der Waals surface area contributed by atoms with E-state index in [9.17, 15) is 4.79 Å². The highest BCUT2D eigenvalue weighted by molar-refractivity contribution is 6.06. The first-order valence-corrected chi connectivity index (χ1v) is 13.1. The van der Waals surface area contributed by atoms with Gasteiger partial charge in [-0.05, 0) is 74.4 Å². The Balaban J connectivity index is 1.44. The first kappa shape index (κ1) is 24.5. The van der Waals surface area contributed by atoms with Crippen molar-refractivity contribution in [1.29, 1.82) is 0 Å². The number of carbonyl (C=O) groups excluding carboxylic acids is 1. The lowest BCUT2D eigenvalue weighted by molar-refractivity contribution is -0.113. The van der Waals surface area contributed by atoms with E-state index in [4.69, 9.17) is 4.98 Å². The Labute approximate surface area is 228 Å². The van der Waals surface area contributed by atoms with Crippen LogP contribution < -0.4 is 15.5 Å². The van der Waals surface area contributed by atoms with E-state index in [2.05, 4.69) is 82.6 Å². The van der Waals surface area contributed by atoms with Crippen LogP contribution in [0.4, 0.5) is 23.0 Å². The zero-order chi connectivity index (χ0) is 27.1. The fourth-order valence-electron chi connectivity index (χ4n) is 5.40. The maximum Gasteiger partial charge on any atom is 0.255 e. The highest BCUT2D eigenvalue weighted by Crippen LogP contribution is 2.40. The molecule has 0 unspecified atom stereocenters. The quantitative estimate of drug-likeness (QED) is 0.258. The number of para-hydroxylation sites is 3. The number of nitrogens with zero attached hydrogens (tertiary/aromatic N) is 3. The number of imidazole rings is 1. The maximum absolute atomic E-state index is 14.0. The normalized spacial score (nSPS) is 14.6. The Kier molecular flexibility index (Phi) is 6.15. The molecule has 1 amide bonds. The summed E-state index contributed by atoms with van der Waals surface area (Å²) in [6.07, 6.45) is 0. The summed E-state index contributed by atoms with van der Waals surface area (Å²) in [6, 6.07) is 32.5. The average Bonchev–Trinajstić information content (AvgIpc) is 3.31. The van der Waals surface area contributed by atoms with E-state index in [1.165, 1.54) is 0 Å². The summed E-state index contributed by atoms with van der Waals surface area (Å²) in [5, 5.41) is 6.58. The summed E-state index contributed by atoms with van der Waals surface area (Å²) in [6.45, 7) is 6.02. The van der Waals surface area contributed by atoms with Crippen molar-refractivity contribution in [3.63, 3.8) is 0 Å². The summed E-state index contributed by atoms with van der Waals surface area (Å²) in [5.74, 6) is 0.595. The molecule has 2 N–H and O–H groups in total. The Morgan fingerprint density at radius 1 is 0.872 bits per heavy atom. The van der Waals surface area contributed by atoms with Gasteiger partial charge in [0.1, 0.15) is 0 Å². The second-order valence-electron chi connectivity index (χ2n) is 10.1. The summed E-state index contributed by atoms with van der Waals surface area (Å²) in [5.41, 5.74) is 9.49. The molecule has 1 atom stereocenters. The number of nitrogens with one attached hydrogen (secondary N) is 2. The topological polar surface area (TPSA) is 62.2 Å². The van der Waals surface area contributed by atoms with Crippen LogP contribution in [0, 0.1) is 13.8 Å². The predicted octanol–water partition coefficient (Wildman–Crippen LogP) is 7.35. The third-order valence-corrected chi connectivity index (χ3v) is 7.45. The molecule has 0 bridgehead atoms. The van der Waals surface area contributed by atoms with Crippen molar-refractivity contribution < 1.29 is 4.79 Å². The van der Waals surface area contributed by atoms with E-state index >= 15 is 0 Å². The Morgan fingerprint density at radius 3 is 2.31 bits per heavy atom. The number of carbonyl (C=O) groups is 1. The maximum atomic E-state index is 14.0. The highest BCUT2D eigenvalue weighted by Gasteiger charge is 2.34. The van der Waals surface area contributed by atoms with Gasteiger partial charge in [0, 0.05) is 29.8 Å². The van der Waals surface area contributed by atoms with Gasteiger partial charge in [0.2, 0.25) is 5.95 Å². The zero-order valence-electron chi connectivity index (χ0n) is 22.6. The Morgan fingerprint density at radius 2 is 1.56 bits per heavy atom. The molecule has 0 saturated carbocycles. The Hall–Kier alpha value is -4.84. The number of benzene rings is 4. The Bertz CT molecular complexity index is 1720. The first-order valence-electron chi connectivity index (χ1n) is 13.1. The van der Waals surface area contributed by atoms with Gasteiger partial charge in [0.05, 0.1) is 22.6 Å². The highest BCUT2D eigenvalue weighted by atomic mass is 16.1. The van der Waals surface area contributed by atoms with Crippen LogP contribution in [-0.4, -0.2) is 22.5 Å². The molecule has 6 heteroatoms. The van der Waals surface area contributed by atoms with Gasteiger partial charge in [-0.1, -0.05) is 60.2 Å². The van der Waals surface area contributed by atoms with Gasteiger partial charge in [-0.25, -0.2) is 4.98 Å². The van der Waals surface area contributed by atoms with Gasteiger partial charge in [-0.15, -0.1) is 0 Å². The van der Waals surface area contributed by atoms with Gasteiger partial charge < -0.3 is 15.5 Å². The van der Waals surface area contributed by atoms with Crippen molar-refractivity contribution >= 4 is 40.0 Å². The van der Waals surface area contributed by atoms with Crippen LogP contribution in [0.15, 0.2) is 108 Å². The fraction of sp³-hybridized carbons (Fsp3) is 0.152. The second kappa shape index (κ2) is 9.80. The predicted molar refractivity (Wildman–Crippen MR) is 160 cm³/mol. The molecule has 0 saturated heterocycles. The molecule has 0 radical (unpaired) electrons. The third kappa shape index (κ3) is 4.44. The van der Waals surface area contributed by atoms with Crippen LogP contribution in [0.25, 0.3) is 11.0 Å². The minimum atomic E-state index is -0.351. The molecule has 6 nitrogen and oxygen atoms in total. The standard InChI is InChI=1S/C33H31N5O/c1-21-14-19-27(22(2)20-21)35-32(39)30-23(3)34-33-36-28-12-8-9-13-29(28)38(33)31(30)24-15-17-26(18-16-24)37(4)25-10-6-5-7-11-25/h5-20,31H,1-4H3,(H,34,36)(H,35,39)/t31-/m1/s1. The zero-order valence-corrected chi connectivity index (χ0v) is 22.6. The van der Waals surface area contributed by atoms with Crippen LogP contribution >= 0.6 is 0 Å². The van der Waals surface area contributed by atoms with Crippen molar-refractivity contribution in [3.05, 3.63) is 125 Å². The monoisotopic (exact) mass is 513 g/mol. The van der Waals surface area contributed by atoms with E-state index in [0.717, 1.165) is 56.4 Å². The van der Waals surface area contributed by atoms with Gasteiger partial charge in [-0.3, -0.25) is 9.36 Å². The average molecular weight is 514 g/mol. The van der Waals surface area contributed by atoms with Crippen molar-refractivity contribution in [2.24, 2.45) is 0 Å². The van der Waals surface area contributed by atoms with E-state index in [-0.39, 0.29) is 11.9 Å². The van der Waals surface area contributed by atoms with Crippen molar-refractivity contribution in [3.8, 4) is 0 Å². The van der Waals surface area contributed by atoms with Crippen LogP contribution in [0.2, 0.25) is 0 Å². The lowest BCUT2D eigenvalue weighted by atomic mass is 9.93. The van der Waals surface area contributed by atoms with Gasteiger partial charge >= 0.3 is 0 Å². The molecule has 5 aromatic rings. The molecule has 1 aliphatic heterocycles. The first-order chi connectivity index (χ1) is 18.9. The molecule has 6 rings (SSSR count). The number of allylic oxidation sites excluding steroid dienone is 1. The van der Waals surface area contributed by atoms with E-state index in [1.807, 2.05) is 62.4 Å². The largest absolute Gasteiger partial charge is 0.345 e. The second-order valence-corrected chi connectivity index (χ2v) is 10.1. The molecule has 0 aliphatic carbocycles. The van der Waals surface area contributed by atoms with Crippen LogP contribution in [0.1, 0.15) is 29.7 Å². The molecule has 1 aromatic heterocycles. The lowest BCUT2D eigenvalue weighted by Gasteiger charge is -2.31. The summed E-state index contributed by atoms with van der Waals surface area (Å²) in [4.78, 5) is 21.0. The molecule has 1 aliphatic rings. The number of aromatic nitrogens is 2. The SMILES string of the molecule is CC1=C(C(=O)Nc2ccc(C)cc2C)[C@@H](c2ccc(N(C)c3ccccc3)cc2)n2c(nc3ccccc32)N1. The number of anilines is 4. The molecule has 2 heterocycles. The van der Waals surface area contributed by atoms with Gasteiger partial charge in [-0.2, -0.15) is 0 Å². The third-order valence-electron chi connectivity index (χ3n) is 7.45. The molecule has 4 aromatic carbocycles. The van der Waals surface area contributed by atoms with E-state index in [0.29, 0.717) is 5.57 Å². The van der Waals surface area contributed by atoms with Gasteiger partial charge in [0.25, 0.3) is 5.91 Å². The van der Waals surface area contributed by atoms with Crippen molar-refractivity contribution in [1.82, 2.24) is 9.55 Å². The molecule has 39 heavy (non-hydrogen) atoms. The molecule has 194 valence electrons. The van der Waals surface area contributed by atoms with Gasteiger partial charge in [0.15, 0.2) is 0 Å². The number of amides is 1. The molecule has 0 spiro atoms. The molecule has 0 fully saturated rings. The van der Waals surface area contributed by atoms with Crippen molar-refractivity contribution in [2.75, 3.05) is 22.6 Å². The van der Waals surface area contributed by atoms with Crippen LogP contribution in [0.3, 0.4) is 0 Å². The smallest absolute Gasteiger partial charge is 0.255 e. The van der Waals surface area contributed by atoms with Crippen LogP contribution in [-0.2, 0) is 4.79 Å². The van der Waals surface area contributed by atoms with E-state index < -0.39 is 0 Å². The molecular weight excluding hydrogens is 482 g/mol.